The van der Waals surface area contributed by atoms with E-state index in [1.165, 1.54) is 0 Å². The minimum atomic E-state index is 0.708. The maximum Gasteiger partial charge on any atom is 0.119 e. The molecule has 0 fully saturated rings. The normalized spacial score (nSPS) is 8.26. The maximum atomic E-state index is 9.40. The average Bonchev–Trinajstić information content (AvgIpc) is 2.43. The Bertz CT molecular complexity index is 378. The third-order valence-corrected chi connectivity index (χ3v) is 2.01. The first kappa shape index (κ1) is 16.7. The molecule has 2 aromatic carbocycles. The summed E-state index contributed by atoms with van der Waals surface area (Å²) in [7, 11) is 0. The van der Waals surface area contributed by atoms with E-state index < -0.39 is 0 Å². The Morgan fingerprint density at radius 2 is 1.21 bits per heavy atom. The molecule has 19 heavy (non-hydrogen) atoms. The molecule has 0 aliphatic heterocycles. The van der Waals surface area contributed by atoms with E-state index in [4.69, 9.17) is 11.5 Å². The zero-order valence-electron chi connectivity index (χ0n) is 11.3. The second-order valence-corrected chi connectivity index (χ2v) is 3.78. The molecule has 3 heteroatoms. The monoisotopic (exact) mass is 258 g/mol. The van der Waals surface area contributed by atoms with Crippen molar-refractivity contribution in [2.24, 2.45) is 0 Å². The van der Waals surface area contributed by atoms with E-state index >= 15 is 0 Å². The topological polar surface area (TPSA) is 69.1 Å². The highest BCUT2D eigenvalue weighted by atomic mass is 16.1. The Labute approximate surface area is 115 Å². The fourth-order valence-corrected chi connectivity index (χ4v) is 1.02. The van der Waals surface area contributed by atoms with Gasteiger partial charge in [0.2, 0.25) is 0 Å². The van der Waals surface area contributed by atoms with Crippen LogP contribution in [0.3, 0.4) is 0 Å². The summed E-state index contributed by atoms with van der Waals surface area (Å²) in [5.41, 5.74) is 12.4. The van der Waals surface area contributed by atoms with Gasteiger partial charge in [-0.3, -0.25) is 0 Å². The molecule has 0 unspecified atom stereocenters. The summed E-state index contributed by atoms with van der Waals surface area (Å²) in [6.07, 6.45) is 2.61. The van der Waals surface area contributed by atoms with E-state index in [1.807, 2.05) is 67.6 Å². The Kier molecular flexibility index (Phi) is 10.7. The number of benzene rings is 2. The summed E-state index contributed by atoms with van der Waals surface area (Å²) >= 11 is 0. The molecule has 102 valence electrons. The SMILES string of the molecule is CCCC=O.Nc1ccccc1.Nc1ccccc1. The Morgan fingerprint density at radius 3 is 1.32 bits per heavy atom. The highest BCUT2D eigenvalue weighted by Crippen LogP contribution is 1.96. The average molecular weight is 258 g/mol. The van der Waals surface area contributed by atoms with Crippen LogP contribution in [0, 0.1) is 0 Å². The van der Waals surface area contributed by atoms with Crippen LogP contribution < -0.4 is 11.5 Å². The number of para-hydroxylation sites is 2. The third-order valence-electron chi connectivity index (χ3n) is 2.01. The third kappa shape index (κ3) is 12.0. The minimum absolute atomic E-state index is 0.708. The van der Waals surface area contributed by atoms with Crippen molar-refractivity contribution in [2.75, 3.05) is 11.5 Å². The Hall–Kier alpha value is -2.29. The number of rotatable bonds is 2. The van der Waals surface area contributed by atoms with Crippen molar-refractivity contribution in [3.63, 3.8) is 0 Å². The van der Waals surface area contributed by atoms with Gasteiger partial charge in [-0.05, 0) is 30.7 Å². The van der Waals surface area contributed by atoms with Crippen LogP contribution in [0.1, 0.15) is 19.8 Å². The maximum absolute atomic E-state index is 9.40. The summed E-state index contributed by atoms with van der Waals surface area (Å²) in [5, 5.41) is 0. The van der Waals surface area contributed by atoms with Gasteiger partial charge in [0.15, 0.2) is 0 Å². The van der Waals surface area contributed by atoms with Gasteiger partial charge in [0, 0.05) is 17.8 Å². The van der Waals surface area contributed by atoms with E-state index in [0.717, 1.165) is 24.1 Å². The molecule has 2 aromatic rings. The Balaban J connectivity index is 0.000000261. The molecule has 0 saturated heterocycles. The van der Waals surface area contributed by atoms with Crippen molar-refractivity contribution in [3.05, 3.63) is 60.7 Å². The predicted octanol–water partition coefficient (Wildman–Crippen LogP) is 3.52. The fourth-order valence-electron chi connectivity index (χ4n) is 1.02. The van der Waals surface area contributed by atoms with Crippen molar-refractivity contribution in [2.45, 2.75) is 19.8 Å². The number of hydrogen-bond donors (Lipinski definition) is 2. The zero-order valence-corrected chi connectivity index (χ0v) is 11.3. The minimum Gasteiger partial charge on any atom is -0.399 e. The van der Waals surface area contributed by atoms with E-state index in [-0.39, 0.29) is 0 Å². The number of hydrogen-bond acceptors (Lipinski definition) is 3. The molecule has 0 spiro atoms. The van der Waals surface area contributed by atoms with E-state index in [2.05, 4.69) is 0 Å². The molecular formula is C16H22N2O. The van der Waals surface area contributed by atoms with Gasteiger partial charge in [0.25, 0.3) is 0 Å². The number of carbonyl (C=O) groups is 1. The number of carbonyl (C=O) groups excluding carboxylic acids is 1. The van der Waals surface area contributed by atoms with Crippen LogP contribution in [0.5, 0.6) is 0 Å². The summed E-state index contributed by atoms with van der Waals surface area (Å²) in [6, 6.07) is 19.0. The van der Waals surface area contributed by atoms with Gasteiger partial charge in [-0.25, -0.2) is 0 Å². The second kappa shape index (κ2) is 12.2. The zero-order chi connectivity index (χ0) is 14.3. The number of nitrogens with two attached hydrogens (primary N) is 2. The first-order valence-electron chi connectivity index (χ1n) is 6.25. The predicted molar refractivity (Wildman–Crippen MR) is 82.7 cm³/mol. The molecule has 4 N–H and O–H groups in total. The van der Waals surface area contributed by atoms with Gasteiger partial charge in [0.1, 0.15) is 6.29 Å². The van der Waals surface area contributed by atoms with Crippen LogP contribution in [0.2, 0.25) is 0 Å². The molecule has 0 aliphatic carbocycles. The molecule has 0 bridgehead atoms. The highest BCUT2D eigenvalue weighted by Gasteiger charge is 1.73. The summed E-state index contributed by atoms with van der Waals surface area (Å²) < 4.78 is 0. The van der Waals surface area contributed by atoms with Crippen molar-refractivity contribution < 1.29 is 4.79 Å². The van der Waals surface area contributed by atoms with E-state index in [9.17, 15) is 4.79 Å². The first-order chi connectivity index (χ1) is 9.20. The van der Waals surface area contributed by atoms with E-state index in [0.29, 0.717) is 6.42 Å². The number of aldehydes is 1. The lowest BCUT2D eigenvalue weighted by molar-refractivity contribution is -0.107. The van der Waals surface area contributed by atoms with Gasteiger partial charge in [-0.2, -0.15) is 0 Å². The lowest BCUT2D eigenvalue weighted by Crippen LogP contribution is -1.79. The van der Waals surface area contributed by atoms with E-state index in [1.54, 1.807) is 0 Å². The smallest absolute Gasteiger partial charge is 0.119 e. The van der Waals surface area contributed by atoms with Crippen LogP contribution in [-0.2, 0) is 4.79 Å². The second-order valence-electron chi connectivity index (χ2n) is 3.78. The van der Waals surface area contributed by atoms with Crippen molar-refractivity contribution in [3.8, 4) is 0 Å². The summed E-state index contributed by atoms with van der Waals surface area (Å²) in [6.45, 7) is 1.98. The molecular weight excluding hydrogens is 236 g/mol. The lowest BCUT2D eigenvalue weighted by Gasteiger charge is -1.83. The number of nitrogen functional groups attached to an aromatic ring is 2. The van der Waals surface area contributed by atoms with Crippen LogP contribution in [-0.4, -0.2) is 6.29 Å². The van der Waals surface area contributed by atoms with Crippen molar-refractivity contribution in [1.29, 1.82) is 0 Å². The van der Waals surface area contributed by atoms with Gasteiger partial charge in [-0.15, -0.1) is 0 Å². The largest absolute Gasteiger partial charge is 0.399 e. The first-order valence-corrected chi connectivity index (χ1v) is 6.25. The highest BCUT2D eigenvalue weighted by molar-refractivity contribution is 5.48. The van der Waals surface area contributed by atoms with Gasteiger partial charge >= 0.3 is 0 Å². The van der Waals surface area contributed by atoms with Crippen LogP contribution in [0.4, 0.5) is 11.4 Å². The van der Waals surface area contributed by atoms with Crippen molar-refractivity contribution in [1.82, 2.24) is 0 Å². The number of unbranched alkanes of at least 4 members (excludes halogenated alkanes) is 1. The summed E-state index contributed by atoms with van der Waals surface area (Å²) in [4.78, 5) is 9.40. The van der Waals surface area contributed by atoms with Gasteiger partial charge < -0.3 is 16.3 Å². The number of anilines is 2. The standard InChI is InChI=1S/2C6H7N.C4H8O/c2*7-6-4-2-1-3-5-6;1-2-3-4-5/h2*1-5H,7H2;4H,2-3H2,1H3. The molecule has 3 nitrogen and oxygen atoms in total. The quantitative estimate of drug-likeness (QED) is 0.639. The molecule has 0 radical (unpaired) electrons. The molecule has 2 rings (SSSR count). The van der Waals surface area contributed by atoms with Gasteiger partial charge in [0.05, 0.1) is 0 Å². The van der Waals surface area contributed by atoms with Crippen LogP contribution in [0.25, 0.3) is 0 Å². The fraction of sp³-hybridized carbons (Fsp3) is 0.188. The van der Waals surface area contributed by atoms with Crippen molar-refractivity contribution >= 4 is 17.7 Å². The molecule has 0 amide bonds. The molecule has 0 atom stereocenters. The Morgan fingerprint density at radius 1 is 0.842 bits per heavy atom. The lowest BCUT2D eigenvalue weighted by atomic mass is 10.3. The molecule has 0 saturated carbocycles. The summed E-state index contributed by atoms with van der Waals surface area (Å²) in [5.74, 6) is 0. The van der Waals surface area contributed by atoms with Crippen LogP contribution in [0.15, 0.2) is 60.7 Å². The molecule has 0 aliphatic rings. The molecule has 0 aromatic heterocycles. The molecule has 0 heterocycles. The van der Waals surface area contributed by atoms with Gasteiger partial charge in [-0.1, -0.05) is 43.3 Å². The van der Waals surface area contributed by atoms with Crippen LogP contribution >= 0.6 is 0 Å².